The first-order valence-corrected chi connectivity index (χ1v) is 8.96. The number of nitro benzene ring substituents is 2. The number of nitrogens with zero attached hydrogens (tertiary/aromatic N) is 4. The quantitative estimate of drug-likeness (QED) is 0.553. The molecule has 9 heteroatoms. The Hall–Kier alpha value is -2.71. The highest BCUT2D eigenvalue weighted by atomic mass is 35.5. The lowest BCUT2D eigenvalue weighted by Crippen LogP contribution is -2.47. The van der Waals surface area contributed by atoms with Crippen LogP contribution in [-0.4, -0.2) is 47.5 Å². The van der Waals surface area contributed by atoms with Crippen LogP contribution in [0.2, 0.25) is 5.02 Å². The SMILES string of the molecule is O=[N+]([O-])c1ccc(CCN2CCN(c3ccc([N+](=O)[O-])cc3Cl)CC2)cc1. The molecule has 0 bridgehead atoms. The Balaban J connectivity index is 1.51. The summed E-state index contributed by atoms with van der Waals surface area (Å²) in [7, 11) is 0. The van der Waals surface area contributed by atoms with Crippen molar-refractivity contribution in [1.82, 2.24) is 4.90 Å². The fraction of sp³-hybridized carbons (Fsp3) is 0.333. The molecule has 1 fully saturated rings. The van der Waals surface area contributed by atoms with Gasteiger partial charge in [-0.1, -0.05) is 23.7 Å². The number of anilines is 1. The van der Waals surface area contributed by atoms with E-state index in [2.05, 4.69) is 9.80 Å². The number of halogens is 1. The van der Waals surface area contributed by atoms with Crippen molar-refractivity contribution in [2.45, 2.75) is 6.42 Å². The Morgan fingerprint density at radius 1 is 0.889 bits per heavy atom. The lowest BCUT2D eigenvalue weighted by Gasteiger charge is -2.36. The number of hydrogen-bond acceptors (Lipinski definition) is 6. The summed E-state index contributed by atoms with van der Waals surface area (Å²) in [4.78, 5) is 25.1. The van der Waals surface area contributed by atoms with Crippen molar-refractivity contribution in [3.63, 3.8) is 0 Å². The molecule has 1 saturated heterocycles. The molecule has 3 rings (SSSR count). The first-order chi connectivity index (χ1) is 12.9. The van der Waals surface area contributed by atoms with Crippen molar-refractivity contribution in [2.75, 3.05) is 37.6 Å². The van der Waals surface area contributed by atoms with E-state index in [1.165, 1.54) is 24.3 Å². The van der Waals surface area contributed by atoms with Gasteiger partial charge in [-0.05, 0) is 18.1 Å². The third-order valence-corrected chi connectivity index (χ3v) is 5.02. The van der Waals surface area contributed by atoms with E-state index in [-0.39, 0.29) is 11.4 Å². The van der Waals surface area contributed by atoms with Crippen LogP contribution in [0.4, 0.5) is 17.1 Å². The molecule has 142 valence electrons. The summed E-state index contributed by atoms with van der Waals surface area (Å²) in [6.45, 7) is 4.18. The van der Waals surface area contributed by atoms with Gasteiger partial charge < -0.3 is 4.90 Å². The van der Waals surface area contributed by atoms with Crippen LogP contribution in [0.3, 0.4) is 0 Å². The molecule has 0 amide bonds. The first-order valence-electron chi connectivity index (χ1n) is 8.58. The minimum Gasteiger partial charge on any atom is -0.368 e. The second-order valence-corrected chi connectivity index (χ2v) is 6.80. The van der Waals surface area contributed by atoms with Crippen molar-refractivity contribution >= 4 is 28.7 Å². The van der Waals surface area contributed by atoms with Crippen LogP contribution in [0.15, 0.2) is 42.5 Å². The molecular formula is C18H19ClN4O4. The molecule has 0 spiro atoms. The van der Waals surface area contributed by atoms with Crippen LogP contribution in [0.25, 0.3) is 0 Å². The van der Waals surface area contributed by atoms with Crippen molar-refractivity contribution in [3.05, 3.63) is 73.3 Å². The van der Waals surface area contributed by atoms with Gasteiger partial charge in [0, 0.05) is 57.0 Å². The van der Waals surface area contributed by atoms with Gasteiger partial charge in [-0.25, -0.2) is 0 Å². The van der Waals surface area contributed by atoms with Crippen LogP contribution < -0.4 is 4.90 Å². The largest absolute Gasteiger partial charge is 0.368 e. The van der Waals surface area contributed by atoms with Gasteiger partial charge in [-0.3, -0.25) is 25.1 Å². The van der Waals surface area contributed by atoms with Crippen LogP contribution >= 0.6 is 11.6 Å². The predicted molar refractivity (Wildman–Crippen MR) is 104 cm³/mol. The Morgan fingerprint density at radius 2 is 1.48 bits per heavy atom. The Kier molecular flexibility index (Phi) is 5.88. The van der Waals surface area contributed by atoms with Gasteiger partial charge >= 0.3 is 0 Å². The molecule has 2 aromatic rings. The van der Waals surface area contributed by atoms with E-state index in [4.69, 9.17) is 11.6 Å². The third kappa shape index (κ3) is 4.72. The monoisotopic (exact) mass is 390 g/mol. The fourth-order valence-electron chi connectivity index (χ4n) is 3.15. The highest BCUT2D eigenvalue weighted by molar-refractivity contribution is 6.33. The summed E-state index contributed by atoms with van der Waals surface area (Å²) < 4.78 is 0. The molecule has 0 atom stereocenters. The topological polar surface area (TPSA) is 92.8 Å². The summed E-state index contributed by atoms with van der Waals surface area (Å²) in [6, 6.07) is 11.2. The molecule has 2 aromatic carbocycles. The molecule has 0 aromatic heterocycles. The van der Waals surface area contributed by atoms with E-state index in [1.54, 1.807) is 18.2 Å². The Bertz CT molecular complexity index is 836. The van der Waals surface area contributed by atoms with Crippen molar-refractivity contribution < 1.29 is 9.85 Å². The number of piperazine rings is 1. The van der Waals surface area contributed by atoms with Crippen molar-refractivity contribution in [3.8, 4) is 0 Å². The van der Waals surface area contributed by atoms with Crippen molar-refractivity contribution in [2.24, 2.45) is 0 Å². The number of nitro groups is 2. The molecule has 0 N–H and O–H groups in total. The lowest BCUT2D eigenvalue weighted by molar-refractivity contribution is -0.385. The van der Waals surface area contributed by atoms with Gasteiger partial charge in [-0.2, -0.15) is 0 Å². The zero-order valence-corrected chi connectivity index (χ0v) is 15.3. The number of non-ortho nitro benzene ring substituents is 2. The summed E-state index contributed by atoms with van der Waals surface area (Å²) in [5.41, 5.74) is 1.98. The average molecular weight is 391 g/mol. The van der Waals surface area contributed by atoms with Crippen LogP contribution in [0, 0.1) is 20.2 Å². The molecule has 8 nitrogen and oxygen atoms in total. The smallest absolute Gasteiger partial charge is 0.271 e. The lowest BCUT2D eigenvalue weighted by atomic mass is 10.1. The maximum absolute atomic E-state index is 10.8. The van der Waals surface area contributed by atoms with Crippen LogP contribution in [0.1, 0.15) is 5.56 Å². The zero-order chi connectivity index (χ0) is 19.4. The van der Waals surface area contributed by atoms with Crippen LogP contribution in [0.5, 0.6) is 0 Å². The maximum atomic E-state index is 10.8. The van der Waals surface area contributed by atoms with Gasteiger partial charge in [0.2, 0.25) is 0 Å². The second kappa shape index (κ2) is 8.32. The predicted octanol–water partition coefficient (Wildman–Crippen LogP) is 3.52. The van der Waals surface area contributed by atoms with Crippen molar-refractivity contribution in [1.29, 1.82) is 0 Å². The van der Waals surface area contributed by atoms with E-state index >= 15 is 0 Å². The summed E-state index contributed by atoms with van der Waals surface area (Å²) in [6.07, 6.45) is 0.830. The molecule has 1 aliphatic rings. The number of hydrogen-bond donors (Lipinski definition) is 0. The molecule has 0 radical (unpaired) electrons. The molecule has 1 heterocycles. The fourth-order valence-corrected chi connectivity index (χ4v) is 3.44. The molecule has 0 aliphatic carbocycles. The highest BCUT2D eigenvalue weighted by Gasteiger charge is 2.20. The second-order valence-electron chi connectivity index (χ2n) is 6.40. The van der Waals surface area contributed by atoms with E-state index in [0.717, 1.165) is 50.4 Å². The summed E-state index contributed by atoms with van der Waals surface area (Å²) >= 11 is 6.21. The van der Waals surface area contributed by atoms with E-state index in [0.29, 0.717) is 5.02 Å². The van der Waals surface area contributed by atoms with Gasteiger partial charge in [0.15, 0.2) is 0 Å². The molecule has 0 saturated carbocycles. The molecule has 27 heavy (non-hydrogen) atoms. The maximum Gasteiger partial charge on any atom is 0.271 e. The number of rotatable bonds is 6. The highest BCUT2D eigenvalue weighted by Crippen LogP contribution is 2.30. The van der Waals surface area contributed by atoms with Crippen LogP contribution in [-0.2, 0) is 6.42 Å². The average Bonchev–Trinajstić information content (AvgIpc) is 2.67. The molecule has 0 unspecified atom stereocenters. The van der Waals surface area contributed by atoms with Gasteiger partial charge in [0.25, 0.3) is 11.4 Å². The third-order valence-electron chi connectivity index (χ3n) is 4.72. The summed E-state index contributed by atoms with van der Waals surface area (Å²) in [5.74, 6) is 0. The van der Waals surface area contributed by atoms with E-state index in [1.807, 2.05) is 0 Å². The minimum absolute atomic E-state index is 0.00881. The van der Waals surface area contributed by atoms with E-state index < -0.39 is 9.85 Å². The standard InChI is InChI=1S/C18H19ClN4O4/c19-17-13-16(23(26)27)5-6-18(17)21-11-9-20(10-12-21)8-7-14-1-3-15(4-2-14)22(24)25/h1-6,13H,7-12H2. The van der Waals surface area contributed by atoms with Gasteiger partial charge in [0.1, 0.15) is 0 Å². The number of benzene rings is 2. The summed E-state index contributed by atoms with van der Waals surface area (Å²) in [5, 5.41) is 21.9. The molecular weight excluding hydrogens is 372 g/mol. The van der Waals surface area contributed by atoms with E-state index in [9.17, 15) is 20.2 Å². The zero-order valence-electron chi connectivity index (χ0n) is 14.6. The van der Waals surface area contributed by atoms with Gasteiger partial charge in [-0.15, -0.1) is 0 Å². The minimum atomic E-state index is -0.453. The normalized spacial score (nSPS) is 14.9. The van der Waals surface area contributed by atoms with Gasteiger partial charge in [0.05, 0.1) is 20.6 Å². The Labute approximate surface area is 161 Å². The first kappa shape index (κ1) is 19.1. The molecule has 1 aliphatic heterocycles. The Morgan fingerprint density at radius 3 is 2.04 bits per heavy atom.